The molecule has 0 bridgehead atoms. The zero-order valence-corrected chi connectivity index (χ0v) is 12.6. The van der Waals surface area contributed by atoms with Crippen molar-refractivity contribution >= 4 is 17.4 Å². The second kappa shape index (κ2) is 7.09. The number of benzene rings is 1. The van der Waals surface area contributed by atoms with Gasteiger partial charge in [-0.3, -0.25) is 10.1 Å². The molecule has 20 heavy (non-hydrogen) atoms. The van der Waals surface area contributed by atoms with Gasteiger partial charge in [0.2, 0.25) is 0 Å². The Labute approximate surface area is 124 Å². The molecule has 1 aliphatic rings. The Morgan fingerprint density at radius 3 is 2.85 bits per heavy atom. The van der Waals surface area contributed by atoms with Gasteiger partial charge < -0.3 is 5.73 Å². The fraction of sp³-hybridized carbons (Fsp3) is 0.600. The third-order valence-corrected chi connectivity index (χ3v) is 5.43. The molecule has 0 spiro atoms. The van der Waals surface area contributed by atoms with E-state index in [0.29, 0.717) is 5.25 Å². The van der Waals surface area contributed by atoms with Gasteiger partial charge in [0.15, 0.2) is 0 Å². The van der Waals surface area contributed by atoms with Crippen molar-refractivity contribution in [3.63, 3.8) is 0 Å². The van der Waals surface area contributed by atoms with Gasteiger partial charge in [0.05, 0.1) is 9.82 Å². The van der Waals surface area contributed by atoms with Crippen molar-refractivity contribution in [3.05, 3.63) is 34.4 Å². The minimum atomic E-state index is -0.305. The van der Waals surface area contributed by atoms with Crippen LogP contribution < -0.4 is 5.73 Å². The lowest BCUT2D eigenvalue weighted by molar-refractivity contribution is -0.387. The van der Waals surface area contributed by atoms with Crippen molar-refractivity contribution in [2.24, 2.45) is 11.7 Å². The number of nitro groups is 1. The largest absolute Gasteiger partial charge is 0.327 e. The number of hydrogen-bond donors (Lipinski definition) is 1. The first-order valence-electron chi connectivity index (χ1n) is 7.27. The molecule has 2 rings (SSSR count). The smallest absolute Gasteiger partial charge is 0.282 e. The summed E-state index contributed by atoms with van der Waals surface area (Å²) in [6.07, 6.45) is 5.74. The Hall–Kier alpha value is -1.07. The second-order valence-corrected chi connectivity index (χ2v) is 6.79. The Balaban J connectivity index is 2.09. The first-order valence-corrected chi connectivity index (χ1v) is 8.15. The summed E-state index contributed by atoms with van der Waals surface area (Å²) >= 11 is 1.59. The van der Waals surface area contributed by atoms with E-state index in [1.165, 1.54) is 19.3 Å². The zero-order valence-electron chi connectivity index (χ0n) is 11.8. The molecule has 4 nitrogen and oxygen atoms in total. The van der Waals surface area contributed by atoms with Crippen molar-refractivity contribution in [3.8, 4) is 0 Å². The summed E-state index contributed by atoms with van der Waals surface area (Å²) in [6, 6.07) is 7.11. The van der Waals surface area contributed by atoms with E-state index >= 15 is 0 Å². The van der Waals surface area contributed by atoms with E-state index in [9.17, 15) is 10.1 Å². The number of para-hydroxylation sites is 1. The number of nitrogens with zero attached hydrogens (tertiary/aromatic N) is 1. The average molecular weight is 294 g/mol. The van der Waals surface area contributed by atoms with Gasteiger partial charge in [-0.05, 0) is 31.2 Å². The molecule has 1 saturated carbocycles. The predicted octanol–water partition coefficient (Wildman–Crippen LogP) is 3.98. The molecule has 0 heterocycles. The SMILES string of the molecule is CCCC1CCC(N)C(Sc2ccccc2[N+](=O)[O-])C1. The van der Waals surface area contributed by atoms with Crippen LogP contribution in [0.15, 0.2) is 29.2 Å². The fourth-order valence-corrected chi connectivity index (χ4v) is 4.34. The van der Waals surface area contributed by atoms with Gasteiger partial charge in [0, 0.05) is 17.4 Å². The van der Waals surface area contributed by atoms with Gasteiger partial charge in [-0.15, -0.1) is 11.8 Å². The first-order chi connectivity index (χ1) is 9.61. The van der Waals surface area contributed by atoms with Crippen LogP contribution in [-0.4, -0.2) is 16.2 Å². The lowest BCUT2D eigenvalue weighted by Gasteiger charge is -2.33. The molecule has 2 N–H and O–H groups in total. The minimum Gasteiger partial charge on any atom is -0.327 e. The first kappa shape index (κ1) is 15.3. The van der Waals surface area contributed by atoms with Crippen molar-refractivity contribution in [2.45, 2.75) is 55.2 Å². The Bertz CT molecular complexity index is 467. The Morgan fingerprint density at radius 2 is 2.15 bits per heavy atom. The standard InChI is InChI=1S/C15H22N2O2S/c1-2-5-11-8-9-12(16)15(10-11)20-14-7-4-3-6-13(14)17(18)19/h3-4,6-7,11-12,15H,2,5,8-10,16H2,1H3. The highest BCUT2D eigenvalue weighted by molar-refractivity contribution is 8.00. The summed E-state index contributed by atoms with van der Waals surface area (Å²) in [7, 11) is 0. The summed E-state index contributed by atoms with van der Waals surface area (Å²) < 4.78 is 0. The molecule has 1 aliphatic carbocycles. The van der Waals surface area contributed by atoms with Crippen LogP contribution in [0.5, 0.6) is 0 Å². The van der Waals surface area contributed by atoms with Crippen LogP contribution in [0.1, 0.15) is 39.0 Å². The fourth-order valence-electron chi connectivity index (χ4n) is 2.91. The summed E-state index contributed by atoms with van der Waals surface area (Å²) in [5.41, 5.74) is 6.42. The molecular formula is C15H22N2O2S. The number of hydrogen-bond acceptors (Lipinski definition) is 4. The molecular weight excluding hydrogens is 272 g/mol. The molecule has 5 heteroatoms. The summed E-state index contributed by atoms with van der Waals surface area (Å²) in [6.45, 7) is 2.21. The highest BCUT2D eigenvalue weighted by Gasteiger charge is 2.30. The van der Waals surface area contributed by atoms with Gasteiger partial charge in [-0.2, -0.15) is 0 Å². The van der Waals surface area contributed by atoms with Crippen molar-refractivity contribution in [1.29, 1.82) is 0 Å². The maximum atomic E-state index is 11.1. The monoisotopic (exact) mass is 294 g/mol. The van der Waals surface area contributed by atoms with E-state index in [4.69, 9.17) is 5.73 Å². The van der Waals surface area contributed by atoms with Crippen LogP contribution in [0, 0.1) is 16.0 Å². The Kier molecular flexibility index (Phi) is 5.43. The van der Waals surface area contributed by atoms with Crippen LogP contribution >= 0.6 is 11.8 Å². The van der Waals surface area contributed by atoms with Gasteiger partial charge in [-0.1, -0.05) is 31.9 Å². The van der Waals surface area contributed by atoms with Crippen molar-refractivity contribution in [2.75, 3.05) is 0 Å². The summed E-state index contributed by atoms with van der Waals surface area (Å²) in [5, 5.41) is 11.4. The molecule has 0 aliphatic heterocycles. The predicted molar refractivity (Wildman–Crippen MR) is 83.0 cm³/mol. The molecule has 0 saturated heterocycles. The molecule has 3 unspecified atom stereocenters. The van der Waals surface area contributed by atoms with Crippen LogP contribution in [0.2, 0.25) is 0 Å². The number of thioether (sulfide) groups is 1. The third-order valence-electron chi connectivity index (χ3n) is 3.99. The van der Waals surface area contributed by atoms with E-state index in [0.717, 1.165) is 23.7 Å². The zero-order chi connectivity index (χ0) is 14.5. The van der Waals surface area contributed by atoms with Crippen molar-refractivity contribution in [1.82, 2.24) is 0 Å². The lowest BCUT2D eigenvalue weighted by Crippen LogP contribution is -2.38. The van der Waals surface area contributed by atoms with Crippen molar-refractivity contribution < 1.29 is 4.92 Å². The van der Waals surface area contributed by atoms with E-state index in [2.05, 4.69) is 6.92 Å². The lowest BCUT2D eigenvalue weighted by atomic mass is 9.83. The minimum absolute atomic E-state index is 0.146. The average Bonchev–Trinajstić information content (AvgIpc) is 2.43. The van der Waals surface area contributed by atoms with Crippen LogP contribution in [0.25, 0.3) is 0 Å². The van der Waals surface area contributed by atoms with Crippen LogP contribution in [0.4, 0.5) is 5.69 Å². The number of nitrogens with two attached hydrogens (primary N) is 1. The molecule has 0 amide bonds. The van der Waals surface area contributed by atoms with E-state index in [-0.39, 0.29) is 16.7 Å². The number of rotatable bonds is 5. The maximum absolute atomic E-state index is 11.1. The van der Waals surface area contributed by atoms with Crippen LogP contribution in [0.3, 0.4) is 0 Å². The Morgan fingerprint density at radius 1 is 1.40 bits per heavy atom. The van der Waals surface area contributed by atoms with Gasteiger partial charge in [0.25, 0.3) is 5.69 Å². The second-order valence-electron chi connectivity index (χ2n) is 5.51. The van der Waals surface area contributed by atoms with Gasteiger partial charge in [-0.25, -0.2) is 0 Å². The van der Waals surface area contributed by atoms with Gasteiger partial charge >= 0.3 is 0 Å². The molecule has 1 aromatic rings. The molecule has 0 aromatic heterocycles. The summed E-state index contributed by atoms with van der Waals surface area (Å²) in [5.74, 6) is 0.722. The summed E-state index contributed by atoms with van der Waals surface area (Å²) in [4.78, 5) is 11.5. The molecule has 1 fully saturated rings. The topological polar surface area (TPSA) is 69.2 Å². The molecule has 3 atom stereocenters. The van der Waals surface area contributed by atoms with Gasteiger partial charge in [0.1, 0.15) is 0 Å². The molecule has 1 aromatic carbocycles. The van der Waals surface area contributed by atoms with E-state index in [1.54, 1.807) is 23.9 Å². The number of nitro benzene ring substituents is 1. The highest BCUT2D eigenvalue weighted by Crippen LogP contribution is 2.40. The molecule has 0 radical (unpaired) electrons. The maximum Gasteiger partial charge on any atom is 0.282 e. The van der Waals surface area contributed by atoms with E-state index in [1.807, 2.05) is 12.1 Å². The molecule has 110 valence electrons. The normalized spacial score (nSPS) is 26.4. The highest BCUT2D eigenvalue weighted by atomic mass is 32.2. The van der Waals surface area contributed by atoms with E-state index < -0.39 is 0 Å². The quantitative estimate of drug-likeness (QED) is 0.658. The third kappa shape index (κ3) is 3.73. The van der Waals surface area contributed by atoms with Crippen LogP contribution in [-0.2, 0) is 0 Å².